The number of rotatable bonds is 7. The van der Waals surface area contributed by atoms with Crippen molar-refractivity contribution in [3.63, 3.8) is 0 Å². The molecule has 3 rings (SSSR count). The first-order valence-corrected chi connectivity index (χ1v) is 7.22. The Hall–Kier alpha value is -1.52. The van der Waals surface area contributed by atoms with Crippen LogP contribution in [0.3, 0.4) is 0 Å². The van der Waals surface area contributed by atoms with E-state index >= 15 is 0 Å². The standard InChI is InChI=1S/C16H22N2O2/c1-12-14(6-7-19-12)10-18(2)11-16-13(5-8-20-16)9-17-15-3-4-15/h5-8,15,17H,3-4,9-11H2,1-2H3. The summed E-state index contributed by atoms with van der Waals surface area (Å²) >= 11 is 0. The first-order valence-electron chi connectivity index (χ1n) is 7.22. The molecule has 0 saturated heterocycles. The van der Waals surface area contributed by atoms with Gasteiger partial charge in [-0.1, -0.05) is 0 Å². The van der Waals surface area contributed by atoms with Crippen molar-refractivity contribution in [1.82, 2.24) is 10.2 Å². The normalized spacial score (nSPS) is 15.2. The van der Waals surface area contributed by atoms with Gasteiger partial charge in [0.1, 0.15) is 11.5 Å². The number of hydrogen-bond acceptors (Lipinski definition) is 4. The molecule has 4 heteroatoms. The molecule has 1 aliphatic rings. The monoisotopic (exact) mass is 274 g/mol. The van der Waals surface area contributed by atoms with Gasteiger partial charge >= 0.3 is 0 Å². The second-order valence-corrected chi connectivity index (χ2v) is 5.70. The lowest BCUT2D eigenvalue weighted by atomic mass is 10.2. The highest BCUT2D eigenvalue weighted by molar-refractivity contribution is 5.18. The van der Waals surface area contributed by atoms with E-state index in [1.165, 1.54) is 24.0 Å². The molecule has 1 saturated carbocycles. The van der Waals surface area contributed by atoms with Crippen LogP contribution in [0.25, 0.3) is 0 Å². The second-order valence-electron chi connectivity index (χ2n) is 5.70. The highest BCUT2D eigenvalue weighted by Crippen LogP contribution is 2.21. The first-order chi connectivity index (χ1) is 9.72. The second kappa shape index (κ2) is 5.85. The highest BCUT2D eigenvalue weighted by atomic mass is 16.3. The van der Waals surface area contributed by atoms with Crippen LogP contribution < -0.4 is 5.32 Å². The summed E-state index contributed by atoms with van der Waals surface area (Å²) in [7, 11) is 2.10. The first kappa shape index (κ1) is 13.5. The summed E-state index contributed by atoms with van der Waals surface area (Å²) in [4.78, 5) is 2.25. The fraction of sp³-hybridized carbons (Fsp3) is 0.500. The van der Waals surface area contributed by atoms with E-state index < -0.39 is 0 Å². The number of furan rings is 2. The summed E-state index contributed by atoms with van der Waals surface area (Å²) in [5.41, 5.74) is 2.50. The fourth-order valence-electron chi connectivity index (χ4n) is 2.37. The van der Waals surface area contributed by atoms with E-state index in [1.54, 1.807) is 12.5 Å². The Kier molecular flexibility index (Phi) is 3.94. The summed E-state index contributed by atoms with van der Waals surface area (Å²) in [5, 5.41) is 3.53. The van der Waals surface area contributed by atoms with Crippen LogP contribution in [0.15, 0.2) is 33.5 Å². The minimum Gasteiger partial charge on any atom is -0.469 e. The van der Waals surface area contributed by atoms with Gasteiger partial charge in [-0.2, -0.15) is 0 Å². The highest BCUT2D eigenvalue weighted by Gasteiger charge is 2.21. The van der Waals surface area contributed by atoms with Crippen LogP contribution in [-0.2, 0) is 19.6 Å². The van der Waals surface area contributed by atoms with Crippen molar-refractivity contribution in [1.29, 1.82) is 0 Å². The Morgan fingerprint density at radius 1 is 1.15 bits per heavy atom. The summed E-state index contributed by atoms with van der Waals surface area (Å²) in [6.45, 7) is 4.61. The Balaban J connectivity index is 1.56. The zero-order valence-corrected chi connectivity index (χ0v) is 12.2. The minimum absolute atomic E-state index is 0.726. The van der Waals surface area contributed by atoms with Gasteiger partial charge in [-0.05, 0) is 38.9 Å². The van der Waals surface area contributed by atoms with E-state index in [2.05, 4.69) is 23.3 Å². The van der Waals surface area contributed by atoms with Gasteiger partial charge < -0.3 is 14.2 Å². The van der Waals surface area contributed by atoms with Crippen molar-refractivity contribution >= 4 is 0 Å². The molecule has 20 heavy (non-hydrogen) atoms. The van der Waals surface area contributed by atoms with E-state index in [-0.39, 0.29) is 0 Å². The van der Waals surface area contributed by atoms with Crippen LogP contribution in [0.4, 0.5) is 0 Å². The number of nitrogens with one attached hydrogen (secondary N) is 1. The van der Waals surface area contributed by atoms with Crippen LogP contribution in [0.1, 0.15) is 35.5 Å². The molecular formula is C16H22N2O2. The molecule has 2 heterocycles. The molecular weight excluding hydrogens is 252 g/mol. The third kappa shape index (κ3) is 3.32. The third-order valence-electron chi connectivity index (χ3n) is 3.82. The van der Waals surface area contributed by atoms with E-state index in [0.717, 1.165) is 37.2 Å². The van der Waals surface area contributed by atoms with Gasteiger partial charge in [-0.3, -0.25) is 4.90 Å². The molecule has 108 valence electrons. The summed E-state index contributed by atoms with van der Waals surface area (Å²) in [5.74, 6) is 2.05. The van der Waals surface area contributed by atoms with Crippen molar-refractivity contribution in [2.75, 3.05) is 7.05 Å². The van der Waals surface area contributed by atoms with Crippen LogP contribution >= 0.6 is 0 Å². The van der Waals surface area contributed by atoms with Crippen molar-refractivity contribution in [2.45, 2.75) is 45.4 Å². The Labute approximate surface area is 119 Å². The smallest absolute Gasteiger partial charge is 0.122 e. The van der Waals surface area contributed by atoms with Crippen molar-refractivity contribution in [2.24, 2.45) is 0 Å². The molecule has 0 spiro atoms. The molecule has 1 fully saturated rings. The van der Waals surface area contributed by atoms with Gasteiger partial charge in [-0.15, -0.1) is 0 Å². The van der Waals surface area contributed by atoms with E-state index in [9.17, 15) is 0 Å². The van der Waals surface area contributed by atoms with Crippen molar-refractivity contribution in [3.05, 3.63) is 47.3 Å². The molecule has 0 bridgehead atoms. The largest absolute Gasteiger partial charge is 0.469 e. The molecule has 0 aliphatic heterocycles. The van der Waals surface area contributed by atoms with Crippen LogP contribution in [0.2, 0.25) is 0 Å². The number of aryl methyl sites for hydroxylation is 1. The van der Waals surface area contributed by atoms with Gasteiger partial charge in [0.15, 0.2) is 0 Å². The lowest BCUT2D eigenvalue weighted by molar-refractivity contribution is 0.284. The van der Waals surface area contributed by atoms with Gasteiger partial charge in [0.2, 0.25) is 0 Å². The van der Waals surface area contributed by atoms with Gasteiger partial charge in [-0.25, -0.2) is 0 Å². The maximum Gasteiger partial charge on any atom is 0.122 e. The Morgan fingerprint density at radius 3 is 2.60 bits per heavy atom. The molecule has 0 aromatic carbocycles. The molecule has 1 aliphatic carbocycles. The van der Waals surface area contributed by atoms with E-state index in [4.69, 9.17) is 8.83 Å². The molecule has 0 radical (unpaired) electrons. The Bertz CT molecular complexity index is 554. The third-order valence-corrected chi connectivity index (χ3v) is 3.82. The lowest BCUT2D eigenvalue weighted by Gasteiger charge is -2.15. The average molecular weight is 274 g/mol. The van der Waals surface area contributed by atoms with Gasteiger partial charge in [0.25, 0.3) is 0 Å². The minimum atomic E-state index is 0.726. The number of hydrogen-bond donors (Lipinski definition) is 1. The molecule has 0 atom stereocenters. The number of nitrogens with zero attached hydrogens (tertiary/aromatic N) is 1. The average Bonchev–Trinajstić information content (AvgIpc) is 3.02. The van der Waals surface area contributed by atoms with Crippen molar-refractivity contribution in [3.8, 4) is 0 Å². The zero-order chi connectivity index (χ0) is 13.9. The SMILES string of the molecule is Cc1occc1CN(C)Cc1occc1CNC1CC1. The van der Waals surface area contributed by atoms with Crippen LogP contribution in [-0.4, -0.2) is 18.0 Å². The maximum absolute atomic E-state index is 5.63. The van der Waals surface area contributed by atoms with E-state index in [0.29, 0.717) is 0 Å². The maximum atomic E-state index is 5.63. The topological polar surface area (TPSA) is 41.6 Å². The quantitative estimate of drug-likeness (QED) is 0.842. The molecule has 2 aromatic rings. The summed E-state index contributed by atoms with van der Waals surface area (Å²) in [6, 6.07) is 4.83. The molecule has 1 N–H and O–H groups in total. The lowest BCUT2D eigenvalue weighted by Crippen LogP contribution is -2.20. The molecule has 4 nitrogen and oxygen atoms in total. The summed E-state index contributed by atoms with van der Waals surface area (Å²) < 4.78 is 11.0. The van der Waals surface area contributed by atoms with Crippen LogP contribution in [0, 0.1) is 6.92 Å². The zero-order valence-electron chi connectivity index (χ0n) is 12.2. The fourth-order valence-corrected chi connectivity index (χ4v) is 2.37. The Morgan fingerprint density at radius 2 is 1.90 bits per heavy atom. The van der Waals surface area contributed by atoms with E-state index in [1.807, 2.05) is 13.0 Å². The predicted octanol–water partition coefficient (Wildman–Crippen LogP) is 3.07. The molecule has 0 unspecified atom stereocenters. The van der Waals surface area contributed by atoms with Crippen LogP contribution in [0.5, 0.6) is 0 Å². The molecule has 2 aromatic heterocycles. The predicted molar refractivity (Wildman–Crippen MR) is 77.2 cm³/mol. The summed E-state index contributed by atoms with van der Waals surface area (Å²) in [6.07, 6.45) is 6.16. The van der Waals surface area contributed by atoms with Gasteiger partial charge in [0.05, 0.1) is 19.1 Å². The van der Waals surface area contributed by atoms with Crippen molar-refractivity contribution < 1.29 is 8.83 Å². The van der Waals surface area contributed by atoms with Gasteiger partial charge in [0, 0.05) is 30.3 Å². The molecule has 0 amide bonds.